The second kappa shape index (κ2) is 13.6. The topological polar surface area (TPSA) is 43.6 Å². The van der Waals surface area contributed by atoms with E-state index < -0.39 is 0 Å². The lowest BCUT2D eigenvalue weighted by atomic mass is 9.90. The Labute approximate surface area is 330 Å². The van der Waals surface area contributed by atoms with Gasteiger partial charge in [0.1, 0.15) is 0 Å². The Hall–Kier alpha value is -7.69. The molecule has 266 valence electrons. The summed E-state index contributed by atoms with van der Waals surface area (Å²) >= 11 is 0. The zero-order chi connectivity index (χ0) is 37.7. The predicted molar refractivity (Wildman–Crippen MR) is 236 cm³/mol. The van der Waals surface area contributed by atoms with Crippen LogP contribution in [0.25, 0.3) is 105 Å². The van der Waals surface area contributed by atoms with Crippen LogP contribution >= 0.6 is 0 Å². The van der Waals surface area contributed by atoms with Crippen LogP contribution in [0.1, 0.15) is 0 Å². The molecule has 4 nitrogen and oxygen atoms in total. The predicted octanol–water partition coefficient (Wildman–Crippen LogP) is 13.6. The van der Waals surface area contributed by atoms with Gasteiger partial charge in [-0.15, -0.1) is 0 Å². The first kappa shape index (κ1) is 32.7. The molecule has 11 aromatic rings. The molecule has 4 heteroatoms. The number of hydrogen-bond acceptors (Lipinski definition) is 3. The molecule has 9 aromatic carbocycles. The molecular weight excluding hydrogens is 693 g/mol. The molecular formula is C53H34N4. The Bertz CT molecular complexity index is 3220. The molecule has 0 spiro atoms. The molecule has 0 aliphatic rings. The summed E-state index contributed by atoms with van der Waals surface area (Å²) in [7, 11) is 0. The number of hydrogen-bond donors (Lipinski definition) is 0. The number of aromatic nitrogens is 4. The summed E-state index contributed by atoms with van der Waals surface area (Å²) in [6, 6.07) is 72.8. The van der Waals surface area contributed by atoms with E-state index in [1.165, 1.54) is 32.7 Å². The molecule has 0 fully saturated rings. The Balaban J connectivity index is 1.25. The van der Waals surface area contributed by atoms with Crippen LogP contribution in [0.15, 0.2) is 206 Å². The van der Waals surface area contributed by atoms with E-state index in [4.69, 9.17) is 15.0 Å². The van der Waals surface area contributed by atoms with Gasteiger partial charge in [0.05, 0.1) is 22.3 Å². The average Bonchev–Trinajstić information content (AvgIpc) is 3.63. The van der Waals surface area contributed by atoms with Gasteiger partial charge in [-0.05, 0) is 62.0 Å². The van der Waals surface area contributed by atoms with Gasteiger partial charge in [-0.25, -0.2) is 15.0 Å². The van der Waals surface area contributed by atoms with Gasteiger partial charge in [0.15, 0.2) is 17.5 Å². The summed E-state index contributed by atoms with van der Waals surface area (Å²) in [5.74, 6) is 1.86. The fourth-order valence-corrected chi connectivity index (χ4v) is 8.41. The zero-order valence-corrected chi connectivity index (χ0v) is 30.9. The summed E-state index contributed by atoms with van der Waals surface area (Å²) in [6.07, 6.45) is 0. The van der Waals surface area contributed by atoms with E-state index in [9.17, 15) is 0 Å². The van der Waals surface area contributed by atoms with Crippen LogP contribution in [0.4, 0.5) is 0 Å². The highest BCUT2D eigenvalue weighted by molar-refractivity contribution is 6.14. The number of rotatable bonds is 6. The van der Waals surface area contributed by atoms with E-state index in [1.807, 2.05) is 24.3 Å². The van der Waals surface area contributed by atoms with Crippen LogP contribution in [0, 0.1) is 0 Å². The molecule has 0 unspecified atom stereocenters. The first-order valence-electron chi connectivity index (χ1n) is 19.3. The number of fused-ring (bicyclic) bond motifs is 5. The van der Waals surface area contributed by atoms with Crippen molar-refractivity contribution in [1.82, 2.24) is 19.5 Å². The van der Waals surface area contributed by atoms with E-state index in [0.717, 1.165) is 55.3 Å². The highest BCUT2D eigenvalue weighted by Crippen LogP contribution is 2.44. The van der Waals surface area contributed by atoms with Crippen molar-refractivity contribution in [2.24, 2.45) is 0 Å². The highest BCUT2D eigenvalue weighted by atomic mass is 15.1. The summed E-state index contributed by atoms with van der Waals surface area (Å²) in [5, 5.41) is 6.99. The van der Waals surface area contributed by atoms with Crippen molar-refractivity contribution in [2.75, 3.05) is 0 Å². The third kappa shape index (κ3) is 5.58. The molecule has 0 N–H and O–H groups in total. The lowest BCUT2D eigenvalue weighted by Gasteiger charge is -2.20. The molecule has 0 atom stereocenters. The summed E-state index contributed by atoms with van der Waals surface area (Å²) in [4.78, 5) is 15.9. The quantitative estimate of drug-likeness (QED) is 0.171. The molecule has 0 aliphatic heterocycles. The van der Waals surface area contributed by atoms with Crippen LogP contribution in [0.3, 0.4) is 0 Å². The Morgan fingerprint density at radius 2 is 0.754 bits per heavy atom. The van der Waals surface area contributed by atoms with E-state index in [2.05, 4.69) is 187 Å². The van der Waals surface area contributed by atoms with Crippen molar-refractivity contribution in [1.29, 1.82) is 0 Å². The van der Waals surface area contributed by atoms with Crippen LogP contribution < -0.4 is 0 Å². The van der Waals surface area contributed by atoms with Crippen LogP contribution in [-0.4, -0.2) is 19.5 Å². The van der Waals surface area contributed by atoms with Crippen molar-refractivity contribution < 1.29 is 0 Å². The molecule has 0 aliphatic carbocycles. The van der Waals surface area contributed by atoms with Gasteiger partial charge in [0.2, 0.25) is 0 Å². The lowest BCUT2D eigenvalue weighted by molar-refractivity contribution is 1.07. The highest BCUT2D eigenvalue weighted by Gasteiger charge is 2.24. The fraction of sp³-hybridized carbons (Fsp3) is 0. The van der Waals surface area contributed by atoms with E-state index >= 15 is 0 Å². The number of nitrogens with zero attached hydrogens (tertiary/aromatic N) is 4. The lowest BCUT2D eigenvalue weighted by Crippen LogP contribution is -2.05. The van der Waals surface area contributed by atoms with Gasteiger partial charge in [0, 0.05) is 21.9 Å². The second-order valence-electron chi connectivity index (χ2n) is 14.4. The maximum absolute atomic E-state index is 5.40. The third-order valence-electron chi connectivity index (χ3n) is 11.1. The Kier molecular flexibility index (Phi) is 7.78. The minimum Gasteiger partial charge on any atom is -0.308 e. The molecule has 0 radical (unpaired) electrons. The van der Waals surface area contributed by atoms with Crippen molar-refractivity contribution in [3.8, 4) is 62.1 Å². The summed E-state index contributed by atoms with van der Waals surface area (Å²) in [6.45, 7) is 0. The molecule has 0 bridgehead atoms. The van der Waals surface area contributed by atoms with E-state index in [1.54, 1.807) is 0 Å². The Morgan fingerprint density at radius 3 is 1.42 bits per heavy atom. The summed E-state index contributed by atoms with van der Waals surface area (Å²) in [5.41, 5.74) is 10.7. The monoisotopic (exact) mass is 726 g/mol. The van der Waals surface area contributed by atoms with Gasteiger partial charge in [0.25, 0.3) is 0 Å². The normalized spacial score (nSPS) is 11.5. The van der Waals surface area contributed by atoms with Gasteiger partial charge >= 0.3 is 0 Å². The van der Waals surface area contributed by atoms with Gasteiger partial charge in [-0.1, -0.05) is 188 Å². The minimum absolute atomic E-state index is 0.614. The van der Waals surface area contributed by atoms with Crippen molar-refractivity contribution >= 4 is 43.4 Å². The van der Waals surface area contributed by atoms with Crippen LogP contribution in [0.2, 0.25) is 0 Å². The Morgan fingerprint density at radius 1 is 0.298 bits per heavy atom. The molecule has 11 rings (SSSR count). The molecule has 0 saturated heterocycles. The largest absolute Gasteiger partial charge is 0.308 e. The maximum Gasteiger partial charge on any atom is 0.166 e. The van der Waals surface area contributed by atoms with Crippen molar-refractivity contribution in [3.63, 3.8) is 0 Å². The van der Waals surface area contributed by atoms with E-state index in [0.29, 0.717) is 17.5 Å². The molecule has 0 amide bonds. The van der Waals surface area contributed by atoms with Gasteiger partial charge < -0.3 is 4.57 Å². The van der Waals surface area contributed by atoms with E-state index in [-0.39, 0.29) is 0 Å². The molecule has 2 aromatic heterocycles. The van der Waals surface area contributed by atoms with Crippen LogP contribution in [-0.2, 0) is 0 Å². The second-order valence-corrected chi connectivity index (χ2v) is 14.4. The first-order chi connectivity index (χ1) is 28.3. The minimum atomic E-state index is 0.614. The summed E-state index contributed by atoms with van der Waals surface area (Å²) < 4.78 is 2.40. The number of para-hydroxylation sites is 2. The van der Waals surface area contributed by atoms with Crippen LogP contribution in [0.5, 0.6) is 0 Å². The SMILES string of the molecule is c1ccc(-c2ccc(-c3nc(-c4ccccc4)nc(-c4c(-n5c6ccccc6c6ccccc65)cc(-c5cccc6ccccc56)c5ccccc45)n3)cc2)cc1. The third-order valence-corrected chi connectivity index (χ3v) is 11.1. The van der Waals surface area contributed by atoms with Crippen molar-refractivity contribution in [2.45, 2.75) is 0 Å². The molecule has 0 saturated carbocycles. The average molecular weight is 727 g/mol. The smallest absolute Gasteiger partial charge is 0.166 e. The van der Waals surface area contributed by atoms with Gasteiger partial charge in [-0.3, -0.25) is 0 Å². The standard InChI is InChI=1S/C53H34N4/c1-3-16-35(17-4-1)36-30-32-39(33-31-36)52-54-51(38-19-5-2-6-20-38)55-53(56-52)50-45-26-10-9-23-42(45)46(41-27-15-21-37-18-7-8-22-40(37)41)34-49(50)57-47-28-13-11-24-43(47)44-25-12-14-29-48(44)57/h1-34H. The zero-order valence-electron chi connectivity index (χ0n) is 30.9. The van der Waals surface area contributed by atoms with Crippen molar-refractivity contribution in [3.05, 3.63) is 206 Å². The van der Waals surface area contributed by atoms with Gasteiger partial charge in [-0.2, -0.15) is 0 Å². The maximum atomic E-state index is 5.40. The number of benzene rings is 9. The molecule has 2 heterocycles. The first-order valence-corrected chi connectivity index (χ1v) is 19.3. The fourth-order valence-electron chi connectivity index (χ4n) is 8.41. The molecule has 57 heavy (non-hydrogen) atoms.